The summed E-state index contributed by atoms with van der Waals surface area (Å²) in [6, 6.07) is 0. The number of hydrogen-bond acceptors (Lipinski definition) is 31. The minimum Gasteiger partial charge on any atom is -0.479 e. The predicted octanol–water partition coefficient (Wildman–Crippen LogP) is -4.81. The first-order chi connectivity index (χ1) is 45.1. The lowest BCUT2D eigenvalue weighted by atomic mass is 9.33. The van der Waals surface area contributed by atoms with Gasteiger partial charge in [0, 0.05) is 0 Å². The maximum atomic E-state index is 15.6. The van der Waals surface area contributed by atoms with Crippen LogP contribution in [-0.4, -0.2) is 310 Å². The number of fused-ring (bicyclic) bond motifs is 7. The van der Waals surface area contributed by atoms with Gasteiger partial charge in [-0.3, -0.25) is 4.79 Å². The highest BCUT2D eigenvalue weighted by Gasteiger charge is 2.71. The number of ether oxygens (including phenoxy) is 12. The molecule has 11 rings (SSSR count). The molecule has 548 valence electrons. The number of carboxylic acid groups (broad SMARTS) is 1. The number of aliphatic carboxylic acids is 1. The quantitative estimate of drug-likeness (QED) is 0.0298. The van der Waals surface area contributed by atoms with Crippen molar-refractivity contribution in [2.75, 3.05) is 26.4 Å². The van der Waals surface area contributed by atoms with Gasteiger partial charge in [0.2, 0.25) is 6.29 Å². The molecule has 32 nitrogen and oxygen atoms in total. The summed E-state index contributed by atoms with van der Waals surface area (Å²) in [7, 11) is 0. The van der Waals surface area contributed by atoms with Crippen LogP contribution in [0, 0.1) is 50.2 Å². The van der Waals surface area contributed by atoms with E-state index in [9.17, 15) is 96.4 Å². The van der Waals surface area contributed by atoms with Crippen LogP contribution in [0.15, 0.2) is 11.6 Å². The topological polar surface area (TPSA) is 506 Å². The molecule has 0 aromatic rings. The van der Waals surface area contributed by atoms with Crippen molar-refractivity contribution >= 4 is 18.2 Å². The summed E-state index contributed by atoms with van der Waals surface area (Å²) in [6.07, 6.45) is -43.4. The van der Waals surface area contributed by atoms with E-state index in [2.05, 4.69) is 40.7 Å². The average molecular weight is 1380 g/mol. The Balaban J connectivity index is 0.835. The fourth-order valence-corrected chi connectivity index (χ4v) is 18.7. The first-order valence-electron chi connectivity index (χ1n) is 33.5. The van der Waals surface area contributed by atoms with Gasteiger partial charge in [-0.15, -0.1) is 0 Å². The van der Waals surface area contributed by atoms with Gasteiger partial charge in [0.05, 0.1) is 49.5 Å². The van der Waals surface area contributed by atoms with Gasteiger partial charge in [-0.05, 0) is 111 Å². The fraction of sp³-hybridized carbons (Fsp3) is 0.922. The number of carbonyl (C=O) groups is 3. The second-order valence-electron chi connectivity index (χ2n) is 30.7. The number of carbonyl (C=O) groups excluding carboxylic acids is 2. The molecule has 96 heavy (non-hydrogen) atoms. The highest BCUT2D eigenvalue weighted by atomic mass is 16.8. The van der Waals surface area contributed by atoms with Crippen molar-refractivity contribution in [2.45, 2.75) is 291 Å². The van der Waals surface area contributed by atoms with Gasteiger partial charge in [-0.2, -0.15) is 0 Å². The van der Waals surface area contributed by atoms with E-state index in [1.807, 2.05) is 0 Å². The molecule has 10 fully saturated rings. The summed E-state index contributed by atoms with van der Waals surface area (Å²) >= 11 is 0. The number of aldehydes is 1. The molecule has 0 spiro atoms. The van der Waals surface area contributed by atoms with Crippen LogP contribution in [-0.2, 0) is 71.2 Å². The molecule has 0 bridgehead atoms. The molecule has 3 unspecified atom stereocenters. The number of aliphatic hydroxyl groups is 16. The van der Waals surface area contributed by atoms with Crippen LogP contribution in [0.2, 0.25) is 0 Å². The first kappa shape index (κ1) is 74.5. The van der Waals surface area contributed by atoms with Gasteiger partial charge in [0.1, 0.15) is 122 Å². The molecule has 32 heteroatoms. The first-order valence-corrected chi connectivity index (χ1v) is 33.5. The molecule has 0 amide bonds. The number of esters is 1. The molecule has 0 radical (unpaired) electrons. The van der Waals surface area contributed by atoms with Crippen LogP contribution in [0.5, 0.6) is 0 Å². The van der Waals surface area contributed by atoms with Gasteiger partial charge in [0.15, 0.2) is 43.7 Å². The van der Waals surface area contributed by atoms with Crippen LogP contribution in [0.1, 0.15) is 113 Å². The molecule has 0 aromatic carbocycles. The van der Waals surface area contributed by atoms with E-state index in [1.54, 1.807) is 6.92 Å². The van der Waals surface area contributed by atoms with Crippen molar-refractivity contribution in [3.63, 3.8) is 0 Å². The largest absolute Gasteiger partial charge is 0.479 e. The third-order valence-corrected chi connectivity index (χ3v) is 24.8. The lowest BCUT2D eigenvalue weighted by Gasteiger charge is -2.71. The van der Waals surface area contributed by atoms with Gasteiger partial charge in [-0.25, -0.2) is 4.79 Å². The molecule has 6 saturated heterocycles. The predicted molar refractivity (Wildman–Crippen MR) is 316 cm³/mol. The molecule has 6 aliphatic heterocycles. The van der Waals surface area contributed by atoms with E-state index in [0.29, 0.717) is 57.8 Å². The van der Waals surface area contributed by atoms with Crippen molar-refractivity contribution in [1.29, 1.82) is 0 Å². The highest BCUT2D eigenvalue weighted by Crippen LogP contribution is 2.76. The van der Waals surface area contributed by atoms with Crippen LogP contribution in [0.3, 0.4) is 0 Å². The molecule has 4 saturated carbocycles. The number of allylic oxidation sites excluding steroid dienone is 2. The standard InChI is InChI=1S/C64H100O32/c1-24-46(91-52-42(78)34(70)27(68)21-85-52)47(92-53-43(79)38(74)36(72)29(19-65)88-53)45(81)55(87-24)94-49-35(71)28(69)22-86-56(49)96-58(84)64-16-14-59(2,3)18-26(64)25-8-9-32-60(4)12-11-33(61(5,23-67)31(60)10-13-63(32,7)62(25,6)15-17-64)90-57-50(41(77)40(76)48(93-57)51(82)83)95-54-44(80)39(75)37(73)30(20-66)89-54/h8,23-24,26-50,52-57,65-66,68-81H,9-22H2,1-7H3,(H,82,83)/t24-,26?,27+,28+,29+,30+,31?,32?,33-,34-,35+,36+,37-,38-,39-,40-,41-,42+,43+,44+,45+,46-,47-,48-,49-,50+,52-,53-,54-,55-,56-,57+,60-,61-,62+,63+,64-/m0/s1. The van der Waals surface area contributed by atoms with E-state index in [1.165, 1.54) is 6.92 Å². The zero-order chi connectivity index (χ0) is 70.0. The Hall–Kier alpha value is -2.73. The molecular formula is C64H100O32. The monoisotopic (exact) mass is 1380 g/mol. The maximum Gasteiger partial charge on any atom is 0.335 e. The van der Waals surface area contributed by atoms with Crippen LogP contribution >= 0.6 is 0 Å². The third-order valence-electron chi connectivity index (χ3n) is 24.8. The molecule has 0 aromatic heterocycles. The summed E-state index contributed by atoms with van der Waals surface area (Å²) in [5.74, 6) is -3.13. The smallest absolute Gasteiger partial charge is 0.335 e. The molecule has 37 atom stereocenters. The van der Waals surface area contributed by atoms with Gasteiger partial charge in [0.25, 0.3) is 0 Å². The van der Waals surface area contributed by atoms with Crippen molar-refractivity contribution < 1.29 is 158 Å². The zero-order valence-electron chi connectivity index (χ0n) is 54.8. The van der Waals surface area contributed by atoms with Gasteiger partial charge >= 0.3 is 11.9 Å². The Bertz CT molecular complexity index is 2780. The molecular weight excluding hydrogens is 1280 g/mol. The molecule has 6 heterocycles. The molecule has 11 aliphatic rings. The van der Waals surface area contributed by atoms with E-state index >= 15 is 4.79 Å². The third kappa shape index (κ3) is 12.6. The second-order valence-corrected chi connectivity index (χ2v) is 30.7. The zero-order valence-corrected chi connectivity index (χ0v) is 54.8. The summed E-state index contributed by atoms with van der Waals surface area (Å²) in [5, 5.41) is 183. The van der Waals surface area contributed by atoms with Gasteiger partial charge < -0.3 is 148 Å². The highest BCUT2D eigenvalue weighted by molar-refractivity contribution is 5.79. The van der Waals surface area contributed by atoms with Crippen LogP contribution < -0.4 is 0 Å². The number of carboxylic acids is 1. The number of rotatable bonds is 16. The Morgan fingerprint density at radius 2 is 1.07 bits per heavy atom. The normalized spacial score (nSPS) is 54.3. The van der Waals surface area contributed by atoms with E-state index in [0.717, 1.165) is 11.9 Å². The molecule has 5 aliphatic carbocycles. The lowest BCUT2D eigenvalue weighted by molar-refractivity contribution is -0.392. The number of hydrogen-bond donors (Lipinski definition) is 17. The minimum absolute atomic E-state index is 0.0602. The van der Waals surface area contributed by atoms with E-state index < -0.39 is 249 Å². The Labute approximate surface area is 553 Å². The van der Waals surface area contributed by atoms with Crippen molar-refractivity contribution in [2.24, 2.45) is 50.2 Å². The fourth-order valence-electron chi connectivity index (χ4n) is 18.7. The Morgan fingerprint density at radius 1 is 0.531 bits per heavy atom. The summed E-state index contributed by atoms with van der Waals surface area (Å²) < 4.78 is 72.0. The summed E-state index contributed by atoms with van der Waals surface area (Å²) in [6.45, 7) is 11.5. The maximum absolute atomic E-state index is 15.6. The van der Waals surface area contributed by atoms with Crippen LogP contribution in [0.4, 0.5) is 0 Å². The van der Waals surface area contributed by atoms with Gasteiger partial charge in [-0.1, -0.05) is 53.2 Å². The second kappa shape index (κ2) is 27.8. The number of aliphatic hydroxyl groups excluding tert-OH is 16. The minimum atomic E-state index is -2.10. The van der Waals surface area contributed by atoms with Crippen LogP contribution in [0.25, 0.3) is 0 Å². The summed E-state index contributed by atoms with van der Waals surface area (Å²) in [4.78, 5) is 42.0. The van der Waals surface area contributed by atoms with Crippen molar-refractivity contribution in [3.05, 3.63) is 11.6 Å². The van der Waals surface area contributed by atoms with E-state index in [4.69, 9.17) is 56.8 Å². The van der Waals surface area contributed by atoms with E-state index in [-0.39, 0.29) is 23.7 Å². The van der Waals surface area contributed by atoms with Crippen molar-refractivity contribution in [3.8, 4) is 0 Å². The lowest BCUT2D eigenvalue weighted by Crippen LogP contribution is -2.68. The molecule has 17 N–H and O–H groups in total. The average Bonchev–Trinajstić information content (AvgIpc) is 0.676. The summed E-state index contributed by atoms with van der Waals surface area (Å²) in [5.41, 5.74) is -3.20. The SMILES string of the molecule is C[C@@H]1O[C@@H](O[C@@H]2[C@H](OC(=O)[C@]34CCC(C)(C)CC3C3=CCC5[C@@]6(C)CC[C@H](O[C@@H]7O[C@H](C(=O)O)[C@@H](O)[C@H](O)[C@H]7O[C@@H]7O[C@H](CO)[C@H](O)[C@H](O)[C@H]7O)[C@@](C)(C=O)C6CC[C@@]5(C)[C@]3(C)CC4)OC[C@@H](O)[C@H]2O)[C@H](O)[C@H](O[C@@H]2O[C@H](CO)[C@@H](O)[C@H](O)[C@H]2O)[C@H]1O[C@@H]1OC[C@@H](O)[C@H](O)[C@H]1O. The Morgan fingerprint density at radius 3 is 1.67 bits per heavy atom. The Kier molecular flexibility index (Phi) is 21.6. The van der Waals surface area contributed by atoms with Crippen molar-refractivity contribution in [1.82, 2.24) is 0 Å².